The first-order valence-electron chi connectivity index (χ1n) is 24.0. The number of carboxylic acids is 2. The van der Waals surface area contributed by atoms with E-state index in [1.54, 1.807) is 0 Å². The molecule has 13 heteroatoms. The van der Waals surface area contributed by atoms with Gasteiger partial charge in [0.1, 0.15) is 12.2 Å². The van der Waals surface area contributed by atoms with Crippen LogP contribution >= 0.6 is 0 Å². The zero-order valence-corrected chi connectivity index (χ0v) is 37.8. The third-order valence-corrected chi connectivity index (χ3v) is 16.8. The van der Waals surface area contributed by atoms with Crippen LogP contribution in [0.5, 0.6) is 0 Å². The second-order valence-corrected chi connectivity index (χ2v) is 21.8. The molecule has 0 aromatic rings. The van der Waals surface area contributed by atoms with Gasteiger partial charge >= 0.3 is 11.9 Å². The lowest BCUT2D eigenvalue weighted by Gasteiger charge is -2.53. The van der Waals surface area contributed by atoms with Crippen LogP contribution in [0.4, 0.5) is 0 Å². The number of hydrogen-bond donors (Lipinski definition) is 4. The summed E-state index contributed by atoms with van der Waals surface area (Å²) in [5.74, 6) is -3.52. The molecule has 1 saturated carbocycles. The SMILES string of the molecule is C=C(C[C@]12C[C@@H](C)C[C@@H](O1)[C@@H]1C[C@]3(C[C@H]1O2)NC[C@H](C)C[C@@H]3C)[C@H]1OC([C@H](O)C2C[C@H]3O[C@@]4(CC[C@]5(CC(C)=C[C@@H](/C=C/CCC(=O)O)O5)O4)[C@H](C)C[C@H]3O2)[C@H](C(=O)O)C[C@@H]1C. The van der Waals surface area contributed by atoms with Gasteiger partial charge < -0.3 is 53.8 Å². The zero-order chi connectivity index (χ0) is 43.9. The summed E-state index contributed by atoms with van der Waals surface area (Å²) in [5, 5.41) is 35.7. The Kier molecular flexibility index (Phi) is 12.3. The maximum atomic E-state index is 12.8. The van der Waals surface area contributed by atoms with Gasteiger partial charge in [0, 0.05) is 62.3 Å². The molecule has 0 radical (unpaired) electrons. The number of aliphatic hydroxyl groups excluding tert-OH is 1. The van der Waals surface area contributed by atoms with Crippen LogP contribution in [0.25, 0.3) is 0 Å². The van der Waals surface area contributed by atoms with E-state index in [4.69, 9.17) is 38.3 Å². The van der Waals surface area contributed by atoms with E-state index in [2.05, 4.69) is 46.5 Å². The molecule has 3 spiro atoms. The Morgan fingerprint density at radius 2 is 1.68 bits per heavy atom. The van der Waals surface area contributed by atoms with E-state index in [0.717, 1.165) is 43.4 Å². The summed E-state index contributed by atoms with van der Waals surface area (Å²) in [6, 6.07) is 0. The number of ether oxygens (including phenoxy) is 7. The van der Waals surface area contributed by atoms with Crippen LogP contribution in [0, 0.1) is 41.4 Å². The average Bonchev–Trinajstić information content (AvgIpc) is 3.88. The standard InChI is InChI=1S/C49H73NO12/c1-26-15-33(10-8-9-11-41(51)52)58-47(20-26)12-13-49(62-47)32(7)18-37-38(61-49)19-39(56-37)42(53)44-34(45(54)55)17-29(4)43(57-44)30(5)22-48-21-27(2)16-36(59-48)35-23-46(24-40(35)60-48)31(6)14-28(3)25-50-46/h8,10,15,27-29,31-40,42-44,50,53H,5,9,11-14,16-25H2,1-4,6-7H3,(H,51,52)(H,54,55)/b10-8+/t27-,28+,29-,31-,32+,33+,34+,35-,36+,37+,38+,39?,40+,42+,43-,44?,46+,47+,48+,49+/m0/s1. The lowest BCUT2D eigenvalue weighted by atomic mass is 9.74. The van der Waals surface area contributed by atoms with Crippen LogP contribution in [0.15, 0.2) is 36.0 Å². The molecule has 7 saturated heterocycles. The summed E-state index contributed by atoms with van der Waals surface area (Å²) in [6.07, 6.45) is 10.9. The van der Waals surface area contributed by atoms with Crippen LogP contribution in [-0.2, 0) is 42.7 Å². The van der Waals surface area contributed by atoms with Crippen LogP contribution in [0.3, 0.4) is 0 Å². The number of hydrogen-bond acceptors (Lipinski definition) is 11. The first kappa shape index (κ1) is 45.0. The van der Waals surface area contributed by atoms with Gasteiger partial charge in [-0.1, -0.05) is 65.0 Å². The molecule has 2 unspecified atom stereocenters. The Balaban J connectivity index is 0.857. The molecule has 8 fully saturated rings. The number of aliphatic carboxylic acids is 2. The van der Waals surface area contributed by atoms with Crippen molar-refractivity contribution < 1.29 is 58.1 Å². The molecule has 0 aromatic carbocycles. The van der Waals surface area contributed by atoms with Crippen molar-refractivity contribution >= 4 is 11.9 Å². The van der Waals surface area contributed by atoms with Gasteiger partial charge in [0.05, 0.1) is 48.6 Å². The number of aliphatic hydroxyl groups is 1. The molecular formula is C49H73NO12. The molecule has 4 N–H and O–H groups in total. The van der Waals surface area contributed by atoms with E-state index in [9.17, 15) is 19.8 Å². The normalized spacial score (nSPS) is 50.4. The molecule has 0 amide bonds. The van der Waals surface area contributed by atoms with Crippen molar-refractivity contribution in [1.82, 2.24) is 5.32 Å². The molecule has 346 valence electrons. The van der Waals surface area contributed by atoms with Gasteiger partial charge in [0.15, 0.2) is 17.4 Å². The lowest BCUT2D eigenvalue weighted by Crippen LogP contribution is -2.57. The van der Waals surface area contributed by atoms with Crippen molar-refractivity contribution in [2.24, 2.45) is 41.4 Å². The zero-order valence-electron chi connectivity index (χ0n) is 37.8. The third kappa shape index (κ3) is 8.42. The Bertz CT molecular complexity index is 1790. The Morgan fingerprint density at radius 1 is 0.887 bits per heavy atom. The number of allylic oxidation sites excluding steroid dienone is 1. The Hall–Kier alpha value is -2.20. The van der Waals surface area contributed by atoms with Crippen molar-refractivity contribution in [2.75, 3.05) is 6.54 Å². The van der Waals surface area contributed by atoms with Crippen molar-refractivity contribution in [3.63, 3.8) is 0 Å². The van der Waals surface area contributed by atoms with Gasteiger partial charge in [0.2, 0.25) is 0 Å². The predicted molar refractivity (Wildman–Crippen MR) is 228 cm³/mol. The van der Waals surface area contributed by atoms with Crippen molar-refractivity contribution in [3.05, 3.63) is 36.0 Å². The average molecular weight is 868 g/mol. The van der Waals surface area contributed by atoms with Crippen molar-refractivity contribution in [1.29, 1.82) is 0 Å². The molecule has 62 heavy (non-hydrogen) atoms. The topological polar surface area (TPSA) is 171 Å². The van der Waals surface area contributed by atoms with Crippen LogP contribution < -0.4 is 5.32 Å². The highest BCUT2D eigenvalue weighted by Gasteiger charge is 2.63. The molecule has 8 aliphatic heterocycles. The number of piperidine rings is 1. The Labute approximate surface area is 367 Å². The summed E-state index contributed by atoms with van der Waals surface area (Å²) in [7, 11) is 0. The van der Waals surface area contributed by atoms with Crippen LogP contribution in [0.1, 0.15) is 131 Å². The largest absolute Gasteiger partial charge is 0.481 e. The highest BCUT2D eigenvalue weighted by molar-refractivity contribution is 5.71. The number of fused-ring (bicyclic) bond motifs is 5. The van der Waals surface area contributed by atoms with E-state index in [1.807, 2.05) is 25.2 Å². The van der Waals surface area contributed by atoms with Gasteiger partial charge in [-0.2, -0.15) is 0 Å². The second kappa shape index (κ2) is 16.9. The van der Waals surface area contributed by atoms with Gasteiger partial charge in [-0.3, -0.25) is 9.59 Å². The summed E-state index contributed by atoms with van der Waals surface area (Å²) in [6.45, 7) is 18.8. The molecule has 9 rings (SSSR count). The van der Waals surface area contributed by atoms with Gasteiger partial charge in [0.25, 0.3) is 0 Å². The first-order chi connectivity index (χ1) is 29.4. The summed E-state index contributed by atoms with van der Waals surface area (Å²) >= 11 is 0. The Morgan fingerprint density at radius 3 is 2.44 bits per heavy atom. The van der Waals surface area contributed by atoms with E-state index in [1.165, 1.54) is 6.42 Å². The summed E-state index contributed by atoms with van der Waals surface area (Å²) in [4.78, 5) is 23.9. The molecule has 0 aromatic heterocycles. The number of carbonyl (C=O) groups is 2. The summed E-state index contributed by atoms with van der Waals surface area (Å²) < 4.78 is 47.8. The maximum absolute atomic E-state index is 12.8. The van der Waals surface area contributed by atoms with Gasteiger partial charge in [-0.05, 0) is 87.7 Å². The molecule has 1 aliphatic carbocycles. The molecule has 8 heterocycles. The highest BCUT2D eigenvalue weighted by Crippen LogP contribution is 2.57. The fraction of sp³-hybridized carbons (Fsp3) is 0.837. The second-order valence-electron chi connectivity index (χ2n) is 21.8. The minimum Gasteiger partial charge on any atom is -0.481 e. The molecule has 20 atom stereocenters. The van der Waals surface area contributed by atoms with Crippen LogP contribution in [0.2, 0.25) is 0 Å². The van der Waals surface area contributed by atoms with Crippen molar-refractivity contribution in [3.8, 4) is 0 Å². The number of rotatable bonds is 10. The number of nitrogens with one attached hydrogen (secondary N) is 1. The molecule has 9 aliphatic rings. The first-order valence-corrected chi connectivity index (χ1v) is 24.0. The van der Waals surface area contributed by atoms with Gasteiger partial charge in [-0.25, -0.2) is 0 Å². The van der Waals surface area contributed by atoms with E-state index in [-0.39, 0.29) is 54.3 Å². The molecular weight excluding hydrogens is 795 g/mol. The quantitative estimate of drug-likeness (QED) is 0.165. The fourth-order valence-electron chi connectivity index (χ4n) is 13.8. The minimum atomic E-state index is -1.21. The highest BCUT2D eigenvalue weighted by atomic mass is 16.8. The molecule has 2 bridgehead atoms. The third-order valence-electron chi connectivity index (χ3n) is 16.8. The monoisotopic (exact) mass is 868 g/mol. The lowest BCUT2D eigenvalue weighted by molar-refractivity contribution is -0.366. The number of carboxylic acid groups (broad SMARTS) is 2. The summed E-state index contributed by atoms with van der Waals surface area (Å²) in [5.41, 5.74) is 2.03. The van der Waals surface area contributed by atoms with Crippen LogP contribution in [-0.4, -0.2) is 112 Å². The van der Waals surface area contributed by atoms with Gasteiger partial charge in [-0.15, -0.1) is 0 Å². The smallest absolute Gasteiger partial charge is 0.309 e. The van der Waals surface area contributed by atoms with E-state index < -0.39 is 59.6 Å². The molecule has 13 nitrogen and oxygen atoms in total. The fourth-order valence-corrected chi connectivity index (χ4v) is 13.8. The predicted octanol–water partition coefficient (Wildman–Crippen LogP) is 7.05. The van der Waals surface area contributed by atoms with E-state index in [0.29, 0.717) is 75.0 Å². The minimum absolute atomic E-state index is 0.0357. The van der Waals surface area contributed by atoms with Crippen molar-refractivity contribution in [2.45, 2.75) is 209 Å². The maximum Gasteiger partial charge on any atom is 0.309 e. The van der Waals surface area contributed by atoms with E-state index >= 15 is 0 Å².